The molecule has 0 fully saturated rings. The highest BCUT2D eigenvalue weighted by Crippen LogP contribution is 2.26. The molecule has 19 heavy (non-hydrogen) atoms. The lowest BCUT2D eigenvalue weighted by molar-refractivity contribution is 0.307. The molecule has 1 aromatic carbocycles. The van der Waals surface area contributed by atoms with E-state index >= 15 is 0 Å². The first-order valence-electron chi connectivity index (χ1n) is 6.75. The molecule has 0 spiro atoms. The van der Waals surface area contributed by atoms with Crippen LogP contribution in [0.4, 0.5) is 0 Å². The number of nitrogens with zero attached hydrogens (tertiary/aromatic N) is 1. The standard InChI is InChI=1S/C15H25ClN2O/c1-12-10-14(16)11-13(2)15(12)19-9-7-17-6-5-8-18(3)4/h10-11,17H,5-9H2,1-4H3. The third-order valence-electron chi connectivity index (χ3n) is 2.91. The highest BCUT2D eigenvalue weighted by atomic mass is 35.5. The van der Waals surface area contributed by atoms with Gasteiger partial charge >= 0.3 is 0 Å². The van der Waals surface area contributed by atoms with Gasteiger partial charge in [-0.2, -0.15) is 0 Å². The first kappa shape index (κ1) is 16.3. The van der Waals surface area contributed by atoms with Crippen LogP contribution < -0.4 is 10.1 Å². The molecule has 0 aliphatic rings. The van der Waals surface area contributed by atoms with Crippen molar-refractivity contribution < 1.29 is 4.74 Å². The topological polar surface area (TPSA) is 24.5 Å². The Morgan fingerprint density at radius 3 is 2.37 bits per heavy atom. The maximum Gasteiger partial charge on any atom is 0.125 e. The van der Waals surface area contributed by atoms with Gasteiger partial charge in [-0.15, -0.1) is 0 Å². The average Bonchev–Trinajstić information content (AvgIpc) is 2.30. The minimum atomic E-state index is 0.686. The summed E-state index contributed by atoms with van der Waals surface area (Å²) in [6.07, 6.45) is 1.16. The van der Waals surface area contributed by atoms with Crippen molar-refractivity contribution in [3.8, 4) is 5.75 Å². The second-order valence-electron chi connectivity index (χ2n) is 5.12. The van der Waals surface area contributed by atoms with Gasteiger partial charge in [-0.05, 0) is 70.7 Å². The van der Waals surface area contributed by atoms with E-state index < -0.39 is 0 Å². The Kier molecular flexibility index (Phi) is 7.21. The van der Waals surface area contributed by atoms with Gasteiger partial charge in [0, 0.05) is 11.6 Å². The van der Waals surface area contributed by atoms with Crippen LogP contribution in [-0.4, -0.2) is 45.2 Å². The summed E-state index contributed by atoms with van der Waals surface area (Å²) in [6.45, 7) is 7.75. The summed E-state index contributed by atoms with van der Waals surface area (Å²) in [7, 11) is 4.18. The van der Waals surface area contributed by atoms with Crippen LogP contribution in [0.1, 0.15) is 17.5 Å². The van der Waals surface area contributed by atoms with Gasteiger partial charge in [0.15, 0.2) is 0 Å². The fourth-order valence-corrected chi connectivity index (χ4v) is 2.32. The lowest BCUT2D eigenvalue weighted by atomic mass is 10.1. The summed E-state index contributed by atoms with van der Waals surface area (Å²) in [5.41, 5.74) is 2.19. The van der Waals surface area contributed by atoms with Crippen LogP contribution in [0.5, 0.6) is 5.75 Å². The lowest BCUT2D eigenvalue weighted by Gasteiger charge is -2.13. The molecule has 0 saturated carbocycles. The van der Waals surface area contributed by atoms with E-state index in [0.29, 0.717) is 6.61 Å². The average molecular weight is 285 g/mol. The second kappa shape index (κ2) is 8.41. The maximum absolute atomic E-state index is 5.99. The first-order chi connectivity index (χ1) is 9.00. The molecule has 0 bridgehead atoms. The zero-order valence-corrected chi connectivity index (χ0v) is 13.2. The van der Waals surface area contributed by atoms with Gasteiger partial charge in [0.1, 0.15) is 12.4 Å². The first-order valence-corrected chi connectivity index (χ1v) is 7.13. The van der Waals surface area contributed by atoms with E-state index in [1.807, 2.05) is 26.0 Å². The number of rotatable bonds is 8. The van der Waals surface area contributed by atoms with Crippen LogP contribution in [0.3, 0.4) is 0 Å². The Morgan fingerprint density at radius 2 is 1.79 bits per heavy atom. The molecule has 0 heterocycles. The number of halogens is 1. The highest BCUT2D eigenvalue weighted by molar-refractivity contribution is 6.30. The minimum absolute atomic E-state index is 0.686. The zero-order valence-electron chi connectivity index (χ0n) is 12.4. The SMILES string of the molecule is Cc1cc(Cl)cc(C)c1OCCNCCCN(C)C. The molecule has 4 heteroatoms. The molecule has 3 nitrogen and oxygen atoms in total. The molecular formula is C15H25ClN2O. The number of hydrogen-bond donors (Lipinski definition) is 1. The quantitative estimate of drug-likeness (QED) is 0.743. The highest BCUT2D eigenvalue weighted by Gasteiger charge is 2.05. The lowest BCUT2D eigenvalue weighted by Crippen LogP contribution is -2.25. The van der Waals surface area contributed by atoms with Crippen molar-refractivity contribution in [2.24, 2.45) is 0 Å². The Morgan fingerprint density at radius 1 is 1.16 bits per heavy atom. The number of hydrogen-bond acceptors (Lipinski definition) is 3. The van der Waals surface area contributed by atoms with Gasteiger partial charge in [-0.1, -0.05) is 11.6 Å². The number of benzene rings is 1. The van der Waals surface area contributed by atoms with E-state index in [0.717, 1.165) is 48.0 Å². The number of aryl methyl sites for hydroxylation is 2. The van der Waals surface area contributed by atoms with Crippen molar-refractivity contribution in [2.75, 3.05) is 40.3 Å². The fraction of sp³-hybridized carbons (Fsp3) is 0.600. The van der Waals surface area contributed by atoms with E-state index in [-0.39, 0.29) is 0 Å². The van der Waals surface area contributed by atoms with Crippen LogP contribution in [0.15, 0.2) is 12.1 Å². The van der Waals surface area contributed by atoms with Crippen LogP contribution in [-0.2, 0) is 0 Å². The molecule has 0 aliphatic heterocycles. The van der Waals surface area contributed by atoms with Gasteiger partial charge in [-0.3, -0.25) is 0 Å². The summed E-state index contributed by atoms with van der Waals surface area (Å²) < 4.78 is 5.82. The van der Waals surface area contributed by atoms with E-state index in [2.05, 4.69) is 24.3 Å². The third-order valence-corrected chi connectivity index (χ3v) is 3.13. The summed E-state index contributed by atoms with van der Waals surface area (Å²) in [4.78, 5) is 2.19. The van der Waals surface area contributed by atoms with E-state index in [4.69, 9.17) is 16.3 Å². The van der Waals surface area contributed by atoms with Gasteiger partial charge in [-0.25, -0.2) is 0 Å². The van der Waals surface area contributed by atoms with E-state index in [9.17, 15) is 0 Å². The Hall–Kier alpha value is -0.770. The minimum Gasteiger partial charge on any atom is -0.492 e. The molecule has 0 aromatic heterocycles. The largest absolute Gasteiger partial charge is 0.492 e. The molecule has 1 aromatic rings. The van der Waals surface area contributed by atoms with Crippen LogP contribution >= 0.6 is 11.6 Å². The van der Waals surface area contributed by atoms with Gasteiger partial charge in [0.25, 0.3) is 0 Å². The molecule has 1 N–H and O–H groups in total. The van der Waals surface area contributed by atoms with E-state index in [1.165, 1.54) is 0 Å². The predicted octanol–water partition coefficient (Wildman–Crippen LogP) is 2.88. The number of nitrogens with one attached hydrogen (secondary N) is 1. The van der Waals surface area contributed by atoms with Gasteiger partial charge < -0.3 is 15.0 Å². The van der Waals surface area contributed by atoms with Crippen molar-refractivity contribution in [3.05, 3.63) is 28.3 Å². The Bertz CT molecular complexity index is 371. The van der Waals surface area contributed by atoms with Crippen molar-refractivity contribution in [3.63, 3.8) is 0 Å². The summed E-state index contributed by atoms with van der Waals surface area (Å²) in [5.74, 6) is 0.958. The van der Waals surface area contributed by atoms with Crippen molar-refractivity contribution in [1.29, 1.82) is 0 Å². The maximum atomic E-state index is 5.99. The third kappa shape index (κ3) is 6.28. The zero-order chi connectivity index (χ0) is 14.3. The molecule has 108 valence electrons. The Labute approximate surface area is 121 Å². The molecule has 0 atom stereocenters. The van der Waals surface area contributed by atoms with E-state index in [1.54, 1.807) is 0 Å². The molecule has 1 rings (SSSR count). The summed E-state index contributed by atoms with van der Waals surface area (Å²) in [6, 6.07) is 3.88. The molecule has 0 aliphatic carbocycles. The van der Waals surface area contributed by atoms with Gasteiger partial charge in [0.05, 0.1) is 0 Å². The van der Waals surface area contributed by atoms with Crippen molar-refractivity contribution in [1.82, 2.24) is 10.2 Å². The summed E-state index contributed by atoms with van der Waals surface area (Å²) >= 11 is 5.99. The second-order valence-corrected chi connectivity index (χ2v) is 5.56. The normalized spacial score (nSPS) is 11.1. The van der Waals surface area contributed by atoms with Crippen molar-refractivity contribution in [2.45, 2.75) is 20.3 Å². The molecular weight excluding hydrogens is 260 g/mol. The number of ether oxygens (including phenoxy) is 1. The summed E-state index contributed by atoms with van der Waals surface area (Å²) in [5, 5.41) is 4.15. The molecule has 0 saturated heterocycles. The van der Waals surface area contributed by atoms with Crippen LogP contribution in [0.25, 0.3) is 0 Å². The molecule has 0 unspecified atom stereocenters. The van der Waals surface area contributed by atoms with Crippen molar-refractivity contribution >= 4 is 11.6 Å². The fourth-order valence-electron chi connectivity index (χ4n) is 2.00. The van der Waals surface area contributed by atoms with Gasteiger partial charge in [0.2, 0.25) is 0 Å². The monoisotopic (exact) mass is 284 g/mol. The van der Waals surface area contributed by atoms with Crippen LogP contribution in [0, 0.1) is 13.8 Å². The predicted molar refractivity (Wildman–Crippen MR) is 82.5 cm³/mol. The molecule has 0 radical (unpaired) electrons. The molecule has 0 amide bonds. The smallest absolute Gasteiger partial charge is 0.125 e. The van der Waals surface area contributed by atoms with Crippen LogP contribution in [0.2, 0.25) is 5.02 Å². The Balaban J connectivity index is 2.23.